The van der Waals surface area contributed by atoms with Crippen LogP contribution in [-0.4, -0.2) is 41.8 Å². The predicted octanol–water partition coefficient (Wildman–Crippen LogP) is 5.71. The Bertz CT molecular complexity index is 1620. The van der Waals surface area contributed by atoms with Crippen molar-refractivity contribution in [2.45, 2.75) is 33.2 Å². The number of phenolic OH excluding ortho intramolecular Hbond substituents is 1. The van der Waals surface area contributed by atoms with Crippen LogP contribution in [0, 0.1) is 0 Å². The van der Waals surface area contributed by atoms with Gasteiger partial charge in [-0.3, -0.25) is 4.99 Å². The Morgan fingerprint density at radius 1 is 1.00 bits per heavy atom. The van der Waals surface area contributed by atoms with Gasteiger partial charge in [0.05, 0.1) is 12.0 Å². The Morgan fingerprint density at radius 2 is 1.74 bits per heavy atom. The van der Waals surface area contributed by atoms with E-state index in [1.165, 1.54) is 0 Å². The van der Waals surface area contributed by atoms with Gasteiger partial charge in [-0.05, 0) is 50.6 Å². The molecule has 0 aromatic heterocycles. The van der Waals surface area contributed by atoms with Gasteiger partial charge in [0.25, 0.3) is 0 Å². The van der Waals surface area contributed by atoms with Crippen LogP contribution in [0.25, 0.3) is 33.3 Å². The van der Waals surface area contributed by atoms with E-state index in [4.69, 9.17) is 19.1 Å². The molecule has 1 unspecified atom stereocenters. The van der Waals surface area contributed by atoms with Crippen molar-refractivity contribution >= 4 is 33.5 Å². The van der Waals surface area contributed by atoms with E-state index in [1.807, 2.05) is 42.5 Å². The summed E-state index contributed by atoms with van der Waals surface area (Å²) < 4.78 is 11.8. The van der Waals surface area contributed by atoms with E-state index in [0.29, 0.717) is 23.1 Å². The summed E-state index contributed by atoms with van der Waals surface area (Å²) >= 11 is 0. The van der Waals surface area contributed by atoms with Crippen molar-refractivity contribution in [2.24, 2.45) is 4.99 Å². The first-order valence-corrected chi connectivity index (χ1v) is 13.0. The number of carbonyl (C=O) groups is 1. The van der Waals surface area contributed by atoms with Crippen LogP contribution in [0.15, 0.2) is 82.2 Å². The van der Waals surface area contributed by atoms with E-state index in [0.717, 1.165) is 46.3 Å². The number of nitrogens with zero attached hydrogens (tertiary/aromatic N) is 3. The van der Waals surface area contributed by atoms with Crippen LogP contribution in [0.1, 0.15) is 26.3 Å². The monoisotopic (exact) mass is 509 g/mol. The molecule has 0 amide bonds. The quantitative estimate of drug-likeness (QED) is 0.164. The van der Waals surface area contributed by atoms with E-state index in [9.17, 15) is 9.90 Å². The molecule has 0 fully saturated rings. The first-order chi connectivity index (χ1) is 18.5. The van der Waals surface area contributed by atoms with Crippen LogP contribution in [0.3, 0.4) is 0 Å². The number of fused-ring (bicyclic) bond motifs is 4. The van der Waals surface area contributed by atoms with Gasteiger partial charge in [0.15, 0.2) is 17.4 Å². The van der Waals surface area contributed by atoms with Crippen molar-refractivity contribution < 1.29 is 19.1 Å². The molecule has 7 nitrogen and oxygen atoms in total. The third-order valence-electron chi connectivity index (χ3n) is 6.70. The van der Waals surface area contributed by atoms with Gasteiger partial charge in [0, 0.05) is 48.1 Å². The van der Waals surface area contributed by atoms with Crippen LogP contribution >= 0.6 is 0 Å². The van der Waals surface area contributed by atoms with E-state index >= 15 is 0 Å². The molecule has 0 saturated carbocycles. The Balaban J connectivity index is 1.69. The third-order valence-corrected chi connectivity index (χ3v) is 6.70. The lowest BCUT2D eigenvalue weighted by atomic mass is 10.0. The lowest BCUT2D eigenvalue weighted by molar-refractivity contribution is -0.144. The van der Waals surface area contributed by atoms with Gasteiger partial charge < -0.3 is 19.2 Å². The van der Waals surface area contributed by atoms with Crippen molar-refractivity contribution in [2.75, 3.05) is 24.6 Å². The zero-order valence-corrected chi connectivity index (χ0v) is 21.8. The molecular formula is C31H31N3O4. The van der Waals surface area contributed by atoms with E-state index in [2.05, 4.69) is 24.8 Å². The maximum atomic E-state index is 12.9. The predicted molar refractivity (Wildman–Crippen MR) is 149 cm³/mol. The molecule has 3 aromatic rings. The number of carbonyl (C=O) groups excluding carboxylic acids is 1. The summed E-state index contributed by atoms with van der Waals surface area (Å²) in [7, 11) is 0. The number of aromatic hydroxyl groups is 1. The molecule has 0 radical (unpaired) electrons. The highest BCUT2D eigenvalue weighted by molar-refractivity contribution is 5.96. The Morgan fingerprint density at radius 3 is 2.45 bits per heavy atom. The zero-order valence-electron chi connectivity index (χ0n) is 21.8. The highest BCUT2D eigenvalue weighted by atomic mass is 16.5. The van der Waals surface area contributed by atoms with E-state index in [1.54, 1.807) is 31.2 Å². The minimum absolute atomic E-state index is 0.171. The van der Waals surface area contributed by atoms with Crippen LogP contribution in [0.4, 0.5) is 5.69 Å². The lowest BCUT2D eigenvalue weighted by Gasteiger charge is -2.21. The van der Waals surface area contributed by atoms with Crippen molar-refractivity contribution in [3.05, 3.63) is 83.7 Å². The molecule has 1 aliphatic heterocycles. The minimum atomic E-state index is -0.761. The molecule has 0 bridgehead atoms. The Hall–Kier alpha value is -4.39. The van der Waals surface area contributed by atoms with Gasteiger partial charge in [-0.25, -0.2) is 9.78 Å². The number of benzene rings is 4. The van der Waals surface area contributed by atoms with Gasteiger partial charge >= 0.3 is 5.97 Å². The number of aromatic nitrogens is 1. The molecule has 1 N–H and O–H groups in total. The van der Waals surface area contributed by atoms with Crippen molar-refractivity contribution in [3.63, 3.8) is 0 Å². The summed E-state index contributed by atoms with van der Waals surface area (Å²) in [6.07, 6.45) is 0.339. The molecule has 3 aromatic carbocycles. The first kappa shape index (κ1) is 25.3. The van der Waals surface area contributed by atoms with Crippen LogP contribution in [-0.2, 0) is 16.0 Å². The highest BCUT2D eigenvalue weighted by Gasteiger charge is 2.21. The standard InChI is InChI=1S/C31H31N3O4/c1-4-34(5-2)21-13-16-25-28(18-21)38-29-19-26(23-9-7-8-10-24(23)30(29)33-25)32-27(31(36)37-6-3)17-20-11-14-22(35)15-12-20/h7-16,18-19,27,35H,4-6,17H2,1-3H3. The third kappa shape index (κ3) is 5.05. The second-order valence-electron chi connectivity index (χ2n) is 9.09. The lowest BCUT2D eigenvalue weighted by Crippen LogP contribution is -2.27. The average Bonchev–Trinajstić information content (AvgIpc) is 2.93. The van der Waals surface area contributed by atoms with Gasteiger partial charge in [-0.15, -0.1) is 0 Å². The number of phenols is 1. The minimum Gasteiger partial charge on any atom is -0.508 e. The topological polar surface area (TPSA) is 88.2 Å². The second kappa shape index (κ2) is 10.9. The molecule has 1 aliphatic carbocycles. The first-order valence-electron chi connectivity index (χ1n) is 13.0. The zero-order chi connectivity index (χ0) is 26.6. The number of hydrogen-bond donors (Lipinski definition) is 1. The molecule has 1 heterocycles. The Labute approximate surface area is 221 Å². The van der Waals surface area contributed by atoms with Crippen molar-refractivity contribution in [1.82, 2.24) is 4.98 Å². The number of esters is 1. The van der Waals surface area contributed by atoms with E-state index in [-0.39, 0.29) is 12.4 Å². The fourth-order valence-corrected chi connectivity index (χ4v) is 4.76. The molecule has 7 heteroatoms. The molecule has 2 aliphatic rings. The smallest absolute Gasteiger partial charge is 0.331 e. The van der Waals surface area contributed by atoms with Gasteiger partial charge in [0.2, 0.25) is 0 Å². The fourth-order valence-electron chi connectivity index (χ4n) is 4.76. The SMILES string of the molecule is CCOC(=O)C(Cc1ccc(O)cc1)N=c1cc2oc3cc(N(CC)CC)ccc3nc-2c2ccccc12. The summed E-state index contributed by atoms with van der Waals surface area (Å²) in [6.45, 7) is 8.09. The average molecular weight is 510 g/mol. The highest BCUT2D eigenvalue weighted by Crippen LogP contribution is 2.31. The summed E-state index contributed by atoms with van der Waals surface area (Å²) in [5, 5.41) is 12.1. The van der Waals surface area contributed by atoms with Crippen molar-refractivity contribution in [3.8, 4) is 17.2 Å². The molecule has 194 valence electrons. The van der Waals surface area contributed by atoms with Gasteiger partial charge in [0.1, 0.15) is 17.0 Å². The maximum Gasteiger partial charge on any atom is 0.331 e. The number of anilines is 1. The molecule has 0 spiro atoms. The van der Waals surface area contributed by atoms with Gasteiger partial charge in [-0.2, -0.15) is 0 Å². The largest absolute Gasteiger partial charge is 0.508 e. The maximum absolute atomic E-state index is 12.9. The summed E-state index contributed by atoms with van der Waals surface area (Å²) in [5.41, 5.74) is 4.16. The molecule has 0 saturated heterocycles. The van der Waals surface area contributed by atoms with E-state index < -0.39 is 12.0 Å². The number of rotatable bonds is 8. The fraction of sp³-hybridized carbons (Fsp3) is 0.258. The molecule has 1 atom stereocenters. The van der Waals surface area contributed by atoms with Crippen LogP contribution in [0.2, 0.25) is 0 Å². The number of hydrogen-bond acceptors (Lipinski definition) is 7. The summed E-state index contributed by atoms with van der Waals surface area (Å²) in [6, 6.07) is 21.8. The number of ether oxygens (including phenoxy) is 1. The molecular weight excluding hydrogens is 478 g/mol. The van der Waals surface area contributed by atoms with Crippen LogP contribution < -0.4 is 10.3 Å². The normalized spacial score (nSPS) is 12.8. The summed E-state index contributed by atoms with van der Waals surface area (Å²) in [4.78, 5) is 25.0. The molecule has 38 heavy (non-hydrogen) atoms. The molecule has 5 rings (SSSR count). The van der Waals surface area contributed by atoms with Crippen LogP contribution in [0.5, 0.6) is 5.75 Å². The van der Waals surface area contributed by atoms with Gasteiger partial charge in [-0.1, -0.05) is 36.4 Å². The Kier molecular flexibility index (Phi) is 7.26. The second-order valence-corrected chi connectivity index (χ2v) is 9.09. The summed E-state index contributed by atoms with van der Waals surface area (Å²) in [5.74, 6) is 0.366. The van der Waals surface area contributed by atoms with Crippen molar-refractivity contribution in [1.29, 1.82) is 0 Å².